The average molecular weight is 158 g/mol. The van der Waals surface area contributed by atoms with Gasteiger partial charge in [-0.15, -0.1) is 0 Å². The molecule has 68 valence electrons. The lowest BCUT2D eigenvalue weighted by Gasteiger charge is -2.13. The highest BCUT2D eigenvalue weighted by Gasteiger charge is 2.04. The maximum absolute atomic E-state index is 5.50. The van der Waals surface area contributed by atoms with E-state index in [1.165, 1.54) is 25.7 Å². The van der Waals surface area contributed by atoms with Gasteiger partial charge >= 0.3 is 0 Å². The molecule has 0 amide bonds. The summed E-state index contributed by atoms with van der Waals surface area (Å²) in [5.41, 5.74) is 10.9. The van der Waals surface area contributed by atoms with Crippen LogP contribution in [0.25, 0.3) is 0 Å². The van der Waals surface area contributed by atoms with Gasteiger partial charge in [-0.2, -0.15) is 0 Å². The Morgan fingerprint density at radius 1 is 1.00 bits per heavy atom. The van der Waals surface area contributed by atoms with Gasteiger partial charge in [0.1, 0.15) is 0 Å². The highest BCUT2D eigenvalue weighted by molar-refractivity contribution is 4.59. The van der Waals surface area contributed by atoms with E-state index in [0.717, 1.165) is 25.4 Å². The molecule has 0 saturated heterocycles. The zero-order valence-electron chi connectivity index (χ0n) is 7.68. The van der Waals surface area contributed by atoms with E-state index in [0.29, 0.717) is 0 Å². The Hall–Kier alpha value is -0.0800. The van der Waals surface area contributed by atoms with Crippen LogP contribution in [-0.2, 0) is 0 Å². The van der Waals surface area contributed by atoms with Crippen LogP contribution in [0.4, 0.5) is 0 Å². The number of nitrogens with two attached hydrogens (primary N) is 2. The van der Waals surface area contributed by atoms with Crippen molar-refractivity contribution in [3.8, 4) is 0 Å². The van der Waals surface area contributed by atoms with Crippen LogP contribution in [0.1, 0.15) is 39.0 Å². The summed E-state index contributed by atoms with van der Waals surface area (Å²) in [5.74, 6) is 0.827. The number of hydrogen-bond acceptors (Lipinski definition) is 2. The molecule has 0 aliphatic rings. The van der Waals surface area contributed by atoms with Crippen molar-refractivity contribution in [3.63, 3.8) is 0 Å². The van der Waals surface area contributed by atoms with Crippen molar-refractivity contribution in [2.24, 2.45) is 17.4 Å². The lowest BCUT2D eigenvalue weighted by molar-refractivity contribution is 0.412. The summed E-state index contributed by atoms with van der Waals surface area (Å²) in [4.78, 5) is 0. The van der Waals surface area contributed by atoms with Gasteiger partial charge in [0.15, 0.2) is 0 Å². The molecule has 0 spiro atoms. The van der Waals surface area contributed by atoms with E-state index in [1.807, 2.05) is 0 Å². The lowest BCUT2D eigenvalue weighted by atomic mass is 9.95. The molecule has 1 unspecified atom stereocenters. The van der Waals surface area contributed by atoms with Crippen LogP contribution in [0.15, 0.2) is 0 Å². The van der Waals surface area contributed by atoms with Crippen molar-refractivity contribution < 1.29 is 0 Å². The van der Waals surface area contributed by atoms with E-state index in [1.54, 1.807) is 0 Å². The summed E-state index contributed by atoms with van der Waals surface area (Å²) in [6, 6.07) is 0. The first-order chi connectivity index (χ1) is 5.35. The summed E-state index contributed by atoms with van der Waals surface area (Å²) >= 11 is 0. The second-order valence-electron chi connectivity index (χ2n) is 3.16. The Bertz CT molecular complexity index is 68.0. The second-order valence-corrected chi connectivity index (χ2v) is 3.16. The molecule has 0 heterocycles. The van der Waals surface area contributed by atoms with Gasteiger partial charge in [-0.3, -0.25) is 0 Å². The molecular formula is C9H22N2. The SMILES string of the molecule is CCCC(CCN)CCCN. The minimum atomic E-state index is 0.824. The Balaban J connectivity index is 3.34. The van der Waals surface area contributed by atoms with Crippen molar-refractivity contribution >= 4 is 0 Å². The third-order valence-electron chi connectivity index (χ3n) is 2.09. The lowest BCUT2D eigenvalue weighted by Crippen LogP contribution is -2.10. The van der Waals surface area contributed by atoms with E-state index < -0.39 is 0 Å². The Morgan fingerprint density at radius 2 is 1.73 bits per heavy atom. The van der Waals surface area contributed by atoms with Crippen molar-refractivity contribution in [2.75, 3.05) is 13.1 Å². The van der Waals surface area contributed by atoms with Crippen LogP contribution < -0.4 is 11.5 Å². The van der Waals surface area contributed by atoms with Crippen molar-refractivity contribution in [1.29, 1.82) is 0 Å². The zero-order valence-corrected chi connectivity index (χ0v) is 7.68. The molecule has 2 nitrogen and oxygen atoms in total. The smallest absolute Gasteiger partial charge is 0.00746 e. The van der Waals surface area contributed by atoms with Crippen LogP contribution in [0.2, 0.25) is 0 Å². The van der Waals surface area contributed by atoms with E-state index in [4.69, 9.17) is 11.5 Å². The van der Waals surface area contributed by atoms with Gasteiger partial charge in [-0.1, -0.05) is 19.8 Å². The molecule has 0 fully saturated rings. The Kier molecular flexibility index (Phi) is 7.96. The molecule has 0 aliphatic carbocycles. The van der Waals surface area contributed by atoms with Crippen molar-refractivity contribution in [2.45, 2.75) is 39.0 Å². The van der Waals surface area contributed by atoms with Gasteiger partial charge in [0.2, 0.25) is 0 Å². The summed E-state index contributed by atoms with van der Waals surface area (Å²) in [6.45, 7) is 3.88. The van der Waals surface area contributed by atoms with Crippen molar-refractivity contribution in [1.82, 2.24) is 0 Å². The van der Waals surface area contributed by atoms with Crippen LogP contribution in [0.3, 0.4) is 0 Å². The fraction of sp³-hybridized carbons (Fsp3) is 1.00. The maximum atomic E-state index is 5.50. The average Bonchev–Trinajstić information content (AvgIpc) is 2.01. The molecular weight excluding hydrogens is 136 g/mol. The van der Waals surface area contributed by atoms with E-state index >= 15 is 0 Å². The monoisotopic (exact) mass is 158 g/mol. The van der Waals surface area contributed by atoms with Gasteiger partial charge < -0.3 is 11.5 Å². The number of rotatable bonds is 7. The van der Waals surface area contributed by atoms with Gasteiger partial charge in [0.25, 0.3) is 0 Å². The quantitative estimate of drug-likeness (QED) is 0.590. The van der Waals surface area contributed by atoms with E-state index in [9.17, 15) is 0 Å². The topological polar surface area (TPSA) is 52.0 Å². The third-order valence-corrected chi connectivity index (χ3v) is 2.09. The summed E-state index contributed by atoms with van der Waals surface area (Å²) in [7, 11) is 0. The highest BCUT2D eigenvalue weighted by atomic mass is 14.5. The molecule has 0 aromatic rings. The molecule has 4 N–H and O–H groups in total. The van der Waals surface area contributed by atoms with Gasteiger partial charge in [0, 0.05) is 0 Å². The summed E-state index contributed by atoms with van der Waals surface area (Å²) < 4.78 is 0. The van der Waals surface area contributed by atoms with Crippen LogP contribution in [0, 0.1) is 5.92 Å². The first kappa shape index (κ1) is 10.9. The molecule has 2 heteroatoms. The second kappa shape index (κ2) is 8.02. The predicted molar refractivity (Wildman–Crippen MR) is 50.4 cm³/mol. The van der Waals surface area contributed by atoms with E-state index in [2.05, 4.69) is 6.92 Å². The van der Waals surface area contributed by atoms with Crippen LogP contribution >= 0.6 is 0 Å². The minimum absolute atomic E-state index is 0.824. The first-order valence-corrected chi connectivity index (χ1v) is 4.75. The zero-order chi connectivity index (χ0) is 8.53. The maximum Gasteiger partial charge on any atom is -0.00746 e. The summed E-state index contributed by atoms with van der Waals surface area (Å²) in [6.07, 6.45) is 6.19. The molecule has 0 radical (unpaired) electrons. The molecule has 11 heavy (non-hydrogen) atoms. The Labute approximate surface area is 70.3 Å². The van der Waals surface area contributed by atoms with Gasteiger partial charge in [-0.25, -0.2) is 0 Å². The molecule has 0 rings (SSSR count). The largest absolute Gasteiger partial charge is 0.330 e. The number of hydrogen-bond donors (Lipinski definition) is 2. The normalized spacial score (nSPS) is 13.4. The molecule has 0 aromatic heterocycles. The fourth-order valence-electron chi connectivity index (χ4n) is 1.48. The van der Waals surface area contributed by atoms with Gasteiger partial charge in [-0.05, 0) is 38.3 Å². The fourth-order valence-corrected chi connectivity index (χ4v) is 1.48. The molecule has 0 saturated carbocycles. The standard InChI is InChI=1S/C9H22N2/c1-2-4-9(6-8-11)5-3-7-10/h9H,2-8,10-11H2,1H3. The molecule has 0 aromatic carbocycles. The summed E-state index contributed by atoms with van der Waals surface area (Å²) in [5, 5.41) is 0. The van der Waals surface area contributed by atoms with E-state index in [-0.39, 0.29) is 0 Å². The predicted octanol–water partition coefficient (Wildman–Crippen LogP) is 1.49. The van der Waals surface area contributed by atoms with Crippen LogP contribution in [-0.4, -0.2) is 13.1 Å². The molecule has 1 atom stereocenters. The molecule has 0 bridgehead atoms. The minimum Gasteiger partial charge on any atom is -0.330 e. The highest BCUT2D eigenvalue weighted by Crippen LogP contribution is 2.15. The molecule has 0 aliphatic heterocycles. The van der Waals surface area contributed by atoms with Crippen LogP contribution in [0.5, 0.6) is 0 Å². The van der Waals surface area contributed by atoms with Crippen molar-refractivity contribution in [3.05, 3.63) is 0 Å². The Morgan fingerprint density at radius 3 is 2.18 bits per heavy atom. The third kappa shape index (κ3) is 6.32. The van der Waals surface area contributed by atoms with Gasteiger partial charge in [0.05, 0.1) is 0 Å². The first-order valence-electron chi connectivity index (χ1n) is 4.75.